The second-order valence-electron chi connectivity index (χ2n) is 12.5. The molecule has 1 aliphatic heterocycles. The molecule has 12 nitrogen and oxygen atoms in total. The number of hydrogen-bond acceptors (Lipinski definition) is 10. The van der Waals surface area contributed by atoms with E-state index in [0.29, 0.717) is 5.56 Å². The molecule has 0 aliphatic carbocycles. The third-order valence-electron chi connectivity index (χ3n) is 8.77. The Kier molecular flexibility index (Phi) is 10.1. The lowest BCUT2D eigenvalue weighted by molar-refractivity contribution is -0.107. The van der Waals surface area contributed by atoms with E-state index in [2.05, 4.69) is 38.8 Å². The molecule has 1 saturated heterocycles. The molecule has 14 heteroatoms. The molecule has 1 aromatic heterocycles. The van der Waals surface area contributed by atoms with Crippen LogP contribution in [-0.2, 0) is 24.9 Å². The van der Waals surface area contributed by atoms with Gasteiger partial charge in [-0.2, -0.15) is 4.98 Å². The number of nitrogen functional groups attached to an aromatic ring is 1. The zero-order chi connectivity index (χ0) is 30.4. The molecular formula is C25H48N3O9PSi. The van der Waals surface area contributed by atoms with Crippen molar-refractivity contribution in [2.75, 3.05) is 5.73 Å². The second-order valence-corrected chi connectivity index (χ2v) is 19.5. The van der Waals surface area contributed by atoms with Crippen LogP contribution in [0.4, 0.5) is 5.82 Å². The highest BCUT2D eigenvalue weighted by Crippen LogP contribution is 2.59. The van der Waals surface area contributed by atoms with E-state index in [4.69, 9.17) is 19.4 Å². The van der Waals surface area contributed by atoms with E-state index in [9.17, 15) is 29.6 Å². The largest absolute Gasteiger partial charge is 0.412 e. The molecule has 2 heterocycles. The molecule has 0 aromatic carbocycles. The molecule has 2 rings (SSSR count). The highest BCUT2D eigenvalue weighted by atomic mass is 31.2. The van der Waals surface area contributed by atoms with E-state index in [0.717, 1.165) is 4.57 Å². The van der Waals surface area contributed by atoms with Crippen molar-refractivity contribution in [3.8, 4) is 0 Å². The molecule has 0 spiro atoms. The van der Waals surface area contributed by atoms with E-state index < -0.39 is 63.0 Å². The molecule has 1 aliphatic rings. The Morgan fingerprint density at radius 3 is 2.23 bits per heavy atom. The summed E-state index contributed by atoms with van der Waals surface area (Å²) in [6.45, 7) is 18.3. The Balaban J connectivity index is 2.37. The fraction of sp³-hybridized carbons (Fsp3) is 0.840. The zero-order valence-corrected chi connectivity index (χ0v) is 26.7. The normalized spacial score (nSPS) is 27.9. The summed E-state index contributed by atoms with van der Waals surface area (Å²) in [4.78, 5) is 27.2. The van der Waals surface area contributed by atoms with Crippen LogP contribution in [-0.4, -0.2) is 67.3 Å². The molecule has 8 atom stereocenters. The summed E-state index contributed by atoms with van der Waals surface area (Å²) in [6, 6.07) is 0. The Labute approximate surface area is 232 Å². The van der Waals surface area contributed by atoms with Crippen LogP contribution in [0.1, 0.15) is 80.0 Å². The number of anilines is 1. The standard InChI is InChI=1S/C25H48N3O9PSi/c1-11-24(7,37-38(33,34)25(8,32)12-2)15(3)19-17(29)18(30)21(36-19)28-13-16(20(26)27-22(28)31)14-35-39(9,10)23(4,5)6/h13,15,17-19,21,29-30,32H,11-12,14H2,1-10H3,(H,33,34)(H2,26,27,31)/t15?,17-,18+,19+,21+,24?,25?/m0/s1. The summed E-state index contributed by atoms with van der Waals surface area (Å²) < 4.78 is 31.9. The molecule has 6 N–H and O–H groups in total. The van der Waals surface area contributed by atoms with E-state index in [-0.39, 0.29) is 30.3 Å². The smallest absolute Gasteiger partial charge is 0.359 e. The minimum absolute atomic E-state index is 0.00143. The SMILES string of the molecule is CCC(C)(OP(=O)(O)C(C)(O)CC)C(C)[C@H]1O[C@@H](n2cc(CO[Si](C)(C)C(C)(C)C)c(N)nc2=O)[C@H](O)[C@@H]1O. The van der Waals surface area contributed by atoms with Crippen molar-refractivity contribution >= 4 is 21.7 Å². The summed E-state index contributed by atoms with van der Waals surface area (Å²) in [5.41, 5.74) is 4.34. The van der Waals surface area contributed by atoms with Crippen molar-refractivity contribution in [2.24, 2.45) is 5.92 Å². The Morgan fingerprint density at radius 2 is 1.74 bits per heavy atom. The Morgan fingerprint density at radius 1 is 1.18 bits per heavy atom. The summed E-state index contributed by atoms with van der Waals surface area (Å²) >= 11 is 0. The molecule has 226 valence electrons. The van der Waals surface area contributed by atoms with E-state index >= 15 is 0 Å². The number of hydrogen-bond donors (Lipinski definition) is 5. The Bertz CT molecular complexity index is 1120. The molecule has 1 fully saturated rings. The third kappa shape index (κ3) is 6.85. The summed E-state index contributed by atoms with van der Waals surface area (Å²) in [5, 5.41) is 30.3. The lowest BCUT2D eigenvalue weighted by Gasteiger charge is -2.41. The molecule has 0 amide bonds. The molecule has 1 aromatic rings. The van der Waals surface area contributed by atoms with Crippen molar-refractivity contribution in [1.82, 2.24) is 9.55 Å². The average Bonchev–Trinajstić information content (AvgIpc) is 3.10. The van der Waals surface area contributed by atoms with Gasteiger partial charge in [0.05, 0.1) is 18.3 Å². The molecule has 0 saturated carbocycles. The van der Waals surface area contributed by atoms with Gasteiger partial charge in [0.15, 0.2) is 19.9 Å². The summed E-state index contributed by atoms with van der Waals surface area (Å²) in [5.74, 6) is -0.745. The molecule has 0 bridgehead atoms. The molecule has 0 radical (unpaired) electrons. The van der Waals surface area contributed by atoms with Crippen molar-refractivity contribution < 1.29 is 38.5 Å². The van der Waals surface area contributed by atoms with Gasteiger partial charge in [-0.1, -0.05) is 41.5 Å². The first kappa shape index (κ1) is 34.1. The van der Waals surface area contributed by atoms with Gasteiger partial charge < -0.3 is 35.1 Å². The predicted molar refractivity (Wildman–Crippen MR) is 151 cm³/mol. The third-order valence-corrected chi connectivity index (χ3v) is 15.5. The van der Waals surface area contributed by atoms with Gasteiger partial charge in [-0.3, -0.25) is 13.7 Å². The fourth-order valence-corrected chi connectivity index (χ4v) is 6.42. The Hall–Kier alpha value is -1.15. The maximum absolute atomic E-state index is 13.0. The highest BCUT2D eigenvalue weighted by molar-refractivity contribution is 7.54. The minimum Gasteiger partial charge on any atom is -0.412 e. The number of nitrogens with two attached hydrogens (primary N) is 1. The van der Waals surface area contributed by atoms with Gasteiger partial charge in [0.2, 0.25) is 0 Å². The maximum atomic E-state index is 13.0. The van der Waals surface area contributed by atoms with Crippen LogP contribution in [0.5, 0.6) is 0 Å². The number of nitrogens with zero attached hydrogens (tertiary/aromatic N) is 2. The number of aliphatic hydroxyl groups is 3. The van der Waals surface area contributed by atoms with Gasteiger partial charge in [0.1, 0.15) is 18.0 Å². The molecule has 39 heavy (non-hydrogen) atoms. The fourth-order valence-electron chi connectivity index (χ4n) is 4.02. The van der Waals surface area contributed by atoms with Crippen molar-refractivity contribution in [2.45, 2.75) is 128 Å². The van der Waals surface area contributed by atoms with Crippen molar-refractivity contribution in [3.05, 3.63) is 22.2 Å². The van der Waals surface area contributed by atoms with E-state index in [1.54, 1.807) is 27.7 Å². The second kappa shape index (κ2) is 11.6. The first-order valence-electron chi connectivity index (χ1n) is 13.3. The van der Waals surface area contributed by atoms with Gasteiger partial charge in [0, 0.05) is 17.7 Å². The van der Waals surface area contributed by atoms with Gasteiger partial charge in [-0.25, -0.2) is 4.79 Å². The number of ether oxygens (including phenoxy) is 1. The lowest BCUT2D eigenvalue weighted by Crippen LogP contribution is -2.47. The van der Waals surface area contributed by atoms with Gasteiger partial charge >= 0.3 is 13.3 Å². The van der Waals surface area contributed by atoms with Crippen LogP contribution in [0, 0.1) is 5.92 Å². The van der Waals surface area contributed by atoms with Gasteiger partial charge in [-0.05, 0) is 44.8 Å². The zero-order valence-electron chi connectivity index (χ0n) is 24.8. The van der Waals surface area contributed by atoms with Crippen LogP contribution in [0.3, 0.4) is 0 Å². The average molecular weight is 594 g/mol. The van der Waals surface area contributed by atoms with E-state index in [1.165, 1.54) is 13.1 Å². The first-order chi connectivity index (χ1) is 17.5. The quantitative estimate of drug-likeness (QED) is 0.187. The monoisotopic (exact) mass is 593 g/mol. The first-order valence-corrected chi connectivity index (χ1v) is 17.8. The van der Waals surface area contributed by atoms with Crippen LogP contribution < -0.4 is 11.4 Å². The maximum Gasteiger partial charge on any atom is 0.359 e. The van der Waals surface area contributed by atoms with Crippen molar-refractivity contribution in [1.29, 1.82) is 0 Å². The number of aliphatic hydroxyl groups excluding tert-OH is 2. The van der Waals surface area contributed by atoms with E-state index in [1.807, 2.05) is 0 Å². The van der Waals surface area contributed by atoms with Gasteiger partial charge in [0.25, 0.3) is 0 Å². The van der Waals surface area contributed by atoms with Crippen LogP contribution in [0.25, 0.3) is 0 Å². The van der Waals surface area contributed by atoms with Crippen LogP contribution >= 0.6 is 7.60 Å². The minimum atomic E-state index is -4.52. The number of rotatable bonds is 11. The van der Waals surface area contributed by atoms with Crippen LogP contribution in [0.2, 0.25) is 18.1 Å². The van der Waals surface area contributed by atoms with Crippen LogP contribution in [0.15, 0.2) is 11.0 Å². The summed E-state index contributed by atoms with van der Waals surface area (Å²) in [7, 11) is -6.67. The topological polar surface area (TPSA) is 187 Å². The molecule has 4 unspecified atom stereocenters. The van der Waals surface area contributed by atoms with Crippen molar-refractivity contribution in [3.63, 3.8) is 0 Å². The lowest BCUT2D eigenvalue weighted by atomic mass is 9.82. The molecular weight excluding hydrogens is 545 g/mol. The highest BCUT2D eigenvalue weighted by Gasteiger charge is 2.54. The van der Waals surface area contributed by atoms with Gasteiger partial charge in [-0.15, -0.1) is 0 Å². The predicted octanol–water partition coefficient (Wildman–Crippen LogP) is 3.09. The summed E-state index contributed by atoms with van der Waals surface area (Å²) in [6.07, 6.45) is -3.74. The number of aromatic nitrogens is 2.